The lowest BCUT2D eigenvalue weighted by Crippen LogP contribution is -2.36. The summed E-state index contributed by atoms with van der Waals surface area (Å²) in [7, 11) is 3.20. The average molecular weight is 301 g/mol. The molecule has 1 atom stereocenters. The first kappa shape index (κ1) is 16.6. The predicted molar refractivity (Wildman–Crippen MR) is 80.6 cm³/mol. The molecule has 0 heterocycles. The number of carbonyl (C=O) groups is 1. The molecule has 0 bridgehead atoms. The minimum absolute atomic E-state index is 0.00760. The first-order valence-corrected chi connectivity index (χ1v) is 6.80. The second kappa shape index (κ2) is 8.66. The van der Waals surface area contributed by atoms with Crippen molar-refractivity contribution >= 4 is 23.2 Å². The van der Waals surface area contributed by atoms with E-state index in [1.165, 1.54) is 0 Å². The summed E-state index contributed by atoms with van der Waals surface area (Å²) in [6, 6.07) is 5.32. The molecule has 6 heteroatoms. The van der Waals surface area contributed by atoms with Gasteiger partial charge in [-0.1, -0.05) is 11.6 Å². The monoisotopic (exact) mass is 300 g/mol. The number of halogens is 1. The van der Waals surface area contributed by atoms with Gasteiger partial charge in [0.05, 0.1) is 19.4 Å². The minimum Gasteiger partial charge on any atom is -0.495 e. The molecule has 0 aliphatic heterocycles. The SMILES string of the molecule is COCC(C)NC(=O)CCNc1cc(Cl)ccc1OC. The molecule has 2 N–H and O–H groups in total. The molecule has 1 aromatic carbocycles. The van der Waals surface area contributed by atoms with Gasteiger partial charge in [0.1, 0.15) is 5.75 Å². The molecule has 0 aliphatic rings. The summed E-state index contributed by atoms with van der Waals surface area (Å²) in [5.74, 6) is 0.672. The fourth-order valence-corrected chi connectivity index (χ4v) is 1.94. The largest absolute Gasteiger partial charge is 0.495 e. The van der Waals surface area contributed by atoms with E-state index < -0.39 is 0 Å². The molecule has 1 amide bonds. The first-order chi connectivity index (χ1) is 9.56. The van der Waals surface area contributed by atoms with Crippen LogP contribution in [-0.2, 0) is 9.53 Å². The summed E-state index contributed by atoms with van der Waals surface area (Å²) in [6.07, 6.45) is 0.365. The number of rotatable bonds is 8. The number of ether oxygens (including phenoxy) is 2. The minimum atomic E-state index is -0.0250. The van der Waals surface area contributed by atoms with Crippen molar-refractivity contribution in [2.75, 3.05) is 32.7 Å². The van der Waals surface area contributed by atoms with Crippen molar-refractivity contribution in [3.63, 3.8) is 0 Å². The Balaban J connectivity index is 2.40. The Kier molecular flexibility index (Phi) is 7.18. The van der Waals surface area contributed by atoms with E-state index in [2.05, 4.69) is 10.6 Å². The number of methoxy groups -OCH3 is 2. The molecular weight excluding hydrogens is 280 g/mol. The molecule has 0 aliphatic carbocycles. The van der Waals surface area contributed by atoms with E-state index in [0.29, 0.717) is 30.3 Å². The second-order valence-corrected chi connectivity index (χ2v) is 4.88. The highest BCUT2D eigenvalue weighted by Crippen LogP contribution is 2.27. The van der Waals surface area contributed by atoms with Crippen LogP contribution in [0.1, 0.15) is 13.3 Å². The summed E-state index contributed by atoms with van der Waals surface area (Å²) in [4.78, 5) is 11.7. The van der Waals surface area contributed by atoms with Crippen LogP contribution in [0.15, 0.2) is 18.2 Å². The van der Waals surface area contributed by atoms with E-state index in [4.69, 9.17) is 21.1 Å². The number of hydrogen-bond acceptors (Lipinski definition) is 4. The highest BCUT2D eigenvalue weighted by molar-refractivity contribution is 6.30. The van der Waals surface area contributed by atoms with E-state index in [1.54, 1.807) is 32.4 Å². The van der Waals surface area contributed by atoms with Gasteiger partial charge in [0.15, 0.2) is 0 Å². The second-order valence-electron chi connectivity index (χ2n) is 4.45. The van der Waals surface area contributed by atoms with Gasteiger partial charge in [0.25, 0.3) is 0 Å². The third kappa shape index (κ3) is 5.67. The highest BCUT2D eigenvalue weighted by Gasteiger charge is 2.08. The molecule has 1 aromatic rings. The summed E-state index contributed by atoms with van der Waals surface area (Å²) in [5, 5.41) is 6.60. The number of benzene rings is 1. The van der Waals surface area contributed by atoms with Crippen LogP contribution in [0.3, 0.4) is 0 Å². The molecule has 0 radical (unpaired) electrons. The van der Waals surface area contributed by atoms with Gasteiger partial charge in [-0.2, -0.15) is 0 Å². The molecule has 1 unspecified atom stereocenters. The summed E-state index contributed by atoms with van der Waals surface area (Å²) in [5.41, 5.74) is 0.776. The third-order valence-corrected chi connectivity index (χ3v) is 2.89. The van der Waals surface area contributed by atoms with E-state index >= 15 is 0 Å². The number of anilines is 1. The van der Waals surface area contributed by atoms with Crippen molar-refractivity contribution < 1.29 is 14.3 Å². The van der Waals surface area contributed by atoms with Crippen LogP contribution < -0.4 is 15.4 Å². The van der Waals surface area contributed by atoms with Gasteiger partial charge in [0, 0.05) is 31.1 Å². The lowest BCUT2D eigenvalue weighted by atomic mass is 10.2. The third-order valence-electron chi connectivity index (χ3n) is 2.65. The zero-order valence-electron chi connectivity index (χ0n) is 12.0. The molecule has 1 rings (SSSR count). The van der Waals surface area contributed by atoms with Crippen molar-refractivity contribution in [1.82, 2.24) is 5.32 Å². The molecule has 5 nitrogen and oxygen atoms in total. The number of nitrogens with one attached hydrogen (secondary N) is 2. The number of carbonyl (C=O) groups excluding carboxylic acids is 1. The Morgan fingerprint density at radius 2 is 2.15 bits per heavy atom. The maximum atomic E-state index is 11.7. The van der Waals surface area contributed by atoms with Crippen LogP contribution >= 0.6 is 11.6 Å². The summed E-state index contributed by atoms with van der Waals surface area (Å²) in [6.45, 7) is 2.90. The molecule has 0 spiro atoms. The van der Waals surface area contributed by atoms with Crippen molar-refractivity contribution in [3.05, 3.63) is 23.2 Å². The van der Waals surface area contributed by atoms with E-state index in [1.807, 2.05) is 6.92 Å². The summed E-state index contributed by atoms with van der Waals surface area (Å²) < 4.78 is 10.2. The van der Waals surface area contributed by atoms with E-state index in [9.17, 15) is 4.79 Å². The van der Waals surface area contributed by atoms with Crippen molar-refractivity contribution in [3.8, 4) is 5.75 Å². The van der Waals surface area contributed by atoms with Crippen LogP contribution in [0.4, 0.5) is 5.69 Å². The summed E-state index contributed by atoms with van der Waals surface area (Å²) >= 11 is 5.93. The Morgan fingerprint density at radius 3 is 2.80 bits per heavy atom. The van der Waals surface area contributed by atoms with Gasteiger partial charge in [-0.25, -0.2) is 0 Å². The number of hydrogen-bond donors (Lipinski definition) is 2. The lowest BCUT2D eigenvalue weighted by Gasteiger charge is -2.14. The van der Waals surface area contributed by atoms with Gasteiger partial charge >= 0.3 is 0 Å². The van der Waals surface area contributed by atoms with Gasteiger partial charge in [-0.15, -0.1) is 0 Å². The molecule has 0 fully saturated rings. The van der Waals surface area contributed by atoms with Crippen LogP contribution in [0, 0.1) is 0 Å². The van der Waals surface area contributed by atoms with Crippen LogP contribution in [-0.4, -0.2) is 39.3 Å². The van der Waals surface area contributed by atoms with Crippen molar-refractivity contribution in [2.45, 2.75) is 19.4 Å². The molecule has 0 saturated heterocycles. The van der Waals surface area contributed by atoms with E-state index in [0.717, 1.165) is 5.69 Å². The maximum Gasteiger partial charge on any atom is 0.222 e. The Hall–Kier alpha value is -1.46. The molecule has 112 valence electrons. The standard InChI is InChI=1S/C14H21ClN2O3/c1-10(9-19-2)17-14(18)6-7-16-12-8-11(15)4-5-13(12)20-3/h4-5,8,10,16H,6-7,9H2,1-3H3,(H,17,18). The van der Waals surface area contributed by atoms with Crippen LogP contribution in [0.2, 0.25) is 5.02 Å². The highest BCUT2D eigenvalue weighted by atomic mass is 35.5. The average Bonchev–Trinajstić information content (AvgIpc) is 2.39. The quantitative estimate of drug-likeness (QED) is 0.773. The smallest absolute Gasteiger partial charge is 0.222 e. The van der Waals surface area contributed by atoms with E-state index in [-0.39, 0.29) is 11.9 Å². The van der Waals surface area contributed by atoms with Gasteiger partial charge < -0.3 is 20.1 Å². The molecule has 0 aromatic heterocycles. The zero-order valence-corrected chi connectivity index (χ0v) is 12.8. The Morgan fingerprint density at radius 1 is 1.40 bits per heavy atom. The maximum absolute atomic E-state index is 11.7. The predicted octanol–water partition coefficient (Wildman–Crippen LogP) is 2.30. The van der Waals surface area contributed by atoms with Crippen molar-refractivity contribution in [2.24, 2.45) is 0 Å². The Bertz CT molecular complexity index is 440. The molecule has 20 heavy (non-hydrogen) atoms. The zero-order chi connectivity index (χ0) is 15.0. The van der Waals surface area contributed by atoms with Crippen LogP contribution in [0.5, 0.6) is 5.75 Å². The van der Waals surface area contributed by atoms with Gasteiger partial charge in [-0.3, -0.25) is 4.79 Å². The molecule has 0 saturated carbocycles. The molecular formula is C14H21ClN2O3. The lowest BCUT2D eigenvalue weighted by molar-refractivity contribution is -0.121. The first-order valence-electron chi connectivity index (χ1n) is 6.42. The van der Waals surface area contributed by atoms with Gasteiger partial charge in [0.2, 0.25) is 5.91 Å². The normalized spacial score (nSPS) is 11.8. The fourth-order valence-electron chi connectivity index (χ4n) is 1.77. The van der Waals surface area contributed by atoms with Gasteiger partial charge in [-0.05, 0) is 25.1 Å². The topological polar surface area (TPSA) is 59.6 Å². The Labute approximate surface area is 124 Å². The van der Waals surface area contributed by atoms with Crippen LogP contribution in [0.25, 0.3) is 0 Å². The van der Waals surface area contributed by atoms with Crippen molar-refractivity contribution in [1.29, 1.82) is 0 Å². The fraction of sp³-hybridized carbons (Fsp3) is 0.500. The number of amides is 1.